The third-order valence-electron chi connectivity index (χ3n) is 2.80. The molecule has 0 bridgehead atoms. The van der Waals surface area contributed by atoms with E-state index in [1.807, 2.05) is 12.1 Å². The second kappa shape index (κ2) is 8.58. The van der Waals surface area contributed by atoms with Crippen LogP contribution in [0.4, 0.5) is 0 Å². The van der Waals surface area contributed by atoms with E-state index < -0.39 is 0 Å². The molecule has 0 aliphatic carbocycles. The lowest BCUT2D eigenvalue weighted by atomic mass is 10.2. The fraction of sp³-hybridized carbons (Fsp3) is 0.462. The van der Waals surface area contributed by atoms with Crippen molar-refractivity contribution in [2.24, 2.45) is 0 Å². The number of hydrogen-bond acceptors (Lipinski definition) is 5. The lowest BCUT2D eigenvalue weighted by molar-refractivity contribution is 0.510. The summed E-state index contributed by atoms with van der Waals surface area (Å²) in [6.07, 6.45) is 1.12. The van der Waals surface area contributed by atoms with E-state index in [-0.39, 0.29) is 0 Å². The van der Waals surface area contributed by atoms with Crippen LogP contribution in [-0.2, 0) is 12.3 Å². The van der Waals surface area contributed by atoms with Crippen LogP contribution in [0.15, 0.2) is 23.4 Å². The van der Waals surface area contributed by atoms with Crippen molar-refractivity contribution in [2.45, 2.75) is 30.8 Å². The summed E-state index contributed by atoms with van der Waals surface area (Å²) in [6.45, 7) is 4.75. The molecule has 0 radical (unpaired) electrons. The molecule has 1 aromatic carbocycles. The fourth-order valence-electron chi connectivity index (χ4n) is 1.71. The summed E-state index contributed by atoms with van der Waals surface area (Å²) in [6, 6.07) is 5.51. The van der Waals surface area contributed by atoms with Gasteiger partial charge in [-0.3, -0.25) is 0 Å². The summed E-state index contributed by atoms with van der Waals surface area (Å²) in [5.41, 5.74) is 1.02. The highest BCUT2D eigenvalue weighted by Crippen LogP contribution is 2.27. The first kappa shape index (κ1) is 16.5. The van der Waals surface area contributed by atoms with Crippen molar-refractivity contribution < 1.29 is 0 Å². The summed E-state index contributed by atoms with van der Waals surface area (Å²) in [5.74, 6) is 0.707. The van der Waals surface area contributed by atoms with Gasteiger partial charge in [0.05, 0.1) is 6.54 Å². The van der Waals surface area contributed by atoms with Crippen molar-refractivity contribution >= 4 is 35.0 Å². The number of tetrazole rings is 1. The van der Waals surface area contributed by atoms with E-state index in [2.05, 4.69) is 27.8 Å². The molecule has 0 saturated heterocycles. The van der Waals surface area contributed by atoms with Crippen molar-refractivity contribution in [1.82, 2.24) is 25.5 Å². The lowest BCUT2D eigenvalue weighted by Crippen LogP contribution is -2.21. The first-order chi connectivity index (χ1) is 10.2. The monoisotopic (exact) mass is 345 g/mol. The molecule has 0 fully saturated rings. The van der Waals surface area contributed by atoms with Gasteiger partial charge in [-0.15, -0.1) is 5.10 Å². The standard InChI is InChI=1S/C13H17Cl2N5S/c1-2-5-16-6-7-20-13(17-18-19-20)21-9-10-3-4-11(14)8-12(10)15/h3-4,8,16H,2,5-7,9H2,1H3. The molecule has 0 atom stereocenters. The van der Waals surface area contributed by atoms with Crippen LogP contribution in [0.3, 0.4) is 0 Å². The van der Waals surface area contributed by atoms with Crippen LogP contribution in [0.2, 0.25) is 10.0 Å². The van der Waals surface area contributed by atoms with Crippen LogP contribution < -0.4 is 5.32 Å². The average Bonchev–Trinajstić information content (AvgIpc) is 2.90. The predicted octanol–water partition coefficient (Wildman–Crippen LogP) is 3.27. The van der Waals surface area contributed by atoms with Crippen LogP contribution in [-0.4, -0.2) is 33.3 Å². The Bertz CT molecular complexity index is 575. The van der Waals surface area contributed by atoms with Crippen molar-refractivity contribution in [3.05, 3.63) is 33.8 Å². The number of rotatable bonds is 8. The summed E-state index contributed by atoms with van der Waals surface area (Å²) < 4.78 is 1.80. The number of nitrogens with zero attached hydrogens (tertiary/aromatic N) is 4. The second-order valence-corrected chi connectivity index (χ2v) is 6.25. The van der Waals surface area contributed by atoms with Gasteiger partial charge in [-0.05, 0) is 41.1 Å². The normalized spacial score (nSPS) is 11.0. The number of hydrogen-bond donors (Lipinski definition) is 1. The first-order valence-electron chi connectivity index (χ1n) is 6.74. The molecular formula is C13H17Cl2N5S. The molecule has 1 aromatic heterocycles. The van der Waals surface area contributed by atoms with Gasteiger partial charge in [-0.2, -0.15) is 0 Å². The van der Waals surface area contributed by atoms with Gasteiger partial charge in [0.2, 0.25) is 5.16 Å². The zero-order valence-corrected chi connectivity index (χ0v) is 14.0. The summed E-state index contributed by atoms with van der Waals surface area (Å²) >= 11 is 13.6. The molecular weight excluding hydrogens is 329 g/mol. The fourth-order valence-corrected chi connectivity index (χ4v) is 3.17. The van der Waals surface area contributed by atoms with Gasteiger partial charge in [0.1, 0.15) is 0 Å². The Morgan fingerprint density at radius 1 is 1.29 bits per heavy atom. The summed E-state index contributed by atoms with van der Waals surface area (Å²) in [7, 11) is 0. The van der Waals surface area contributed by atoms with Crippen LogP contribution in [0.5, 0.6) is 0 Å². The molecule has 0 amide bonds. The van der Waals surface area contributed by atoms with Crippen molar-refractivity contribution in [3.63, 3.8) is 0 Å². The van der Waals surface area contributed by atoms with Gasteiger partial charge >= 0.3 is 0 Å². The molecule has 0 saturated carbocycles. The minimum atomic E-state index is 0.639. The van der Waals surface area contributed by atoms with Crippen molar-refractivity contribution in [3.8, 4) is 0 Å². The summed E-state index contributed by atoms with van der Waals surface area (Å²) in [4.78, 5) is 0. The molecule has 114 valence electrons. The maximum atomic E-state index is 6.16. The largest absolute Gasteiger partial charge is 0.315 e. The zero-order chi connectivity index (χ0) is 15.1. The Hall–Kier alpha value is -0.820. The van der Waals surface area contributed by atoms with Gasteiger partial charge in [0.15, 0.2) is 0 Å². The minimum Gasteiger partial charge on any atom is -0.315 e. The van der Waals surface area contributed by atoms with E-state index in [4.69, 9.17) is 23.2 Å². The Labute approximate surface area is 138 Å². The predicted molar refractivity (Wildman–Crippen MR) is 87.0 cm³/mol. The van der Waals surface area contributed by atoms with E-state index in [0.29, 0.717) is 15.8 Å². The number of nitrogens with one attached hydrogen (secondary N) is 1. The van der Waals surface area contributed by atoms with Crippen molar-refractivity contribution in [2.75, 3.05) is 13.1 Å². The molecule has 0 aliphatic heterocycles. The average molecular weight is 346 g/mol. The van der Waals surface area contributed by atoms with Crippen LogP contribution >= 0.6 is 35.0 Å². The smallest absolute Gasteiger partial charge is 0.209 e. The maximum Gasteiger partial charge on any atom is 0.209 e. The van der Waals surface area contributed by atoms with Gasteiger partial charge in [0.25, 0.3) is 0 Å². The quantitative estimate of drug-likeness (QED) is 0.587. The number of thioether (sulfide) groups is 1. The molecule has 5 nitrogen and oxygen atoms in total. The van der Waals surface area contributed by atoms with E-state index in [0.717, 1.165) is 36.8 Å². The highest BCUT2D eigenvalue weighted by atomic mass is 35.5. The topological polar surface area (TPSA) is 55.6 Å². The molecule has 2 aromatic rings. The Balaban J connectivity index is 1.90. The minimum absolute atomic E-state index is 0.639. The molecule has 0 spiro atoms. The Morgan fingerprint density at radius 2 is 2.14 bits per heavy atom. The van der Waals surface area contributed by atoms with Gasteiger partial charge < -0.3 is 5.32 Å². The van der Waals surface area contributed by atoms with E-state index in [1.165, 1.54) is 0 Å². The number of halogens is 2. The molecule has 8 heteroatoms. The van der Waals surface area contributed by atoms with Gasteiger partial charge in [0, 0.05) is 22.3 Å². The van der Waals surface area contributed by atoms with Crippen LogP contribution in [0.1, 0.15) is 18.9 Å². The molecule has 0 unspecified atom stereocenters. The molecule has 1 N–H and O–H groups in total. The first-order valence-corrected chi connectivity index (χ1v) is 8.48. The SMILES string of the molecule is CCCNCCn1nnnc1SCc1ccc(Cl)cc1Cl. The Kier molecular flexibility index (Phi) is 6.76. The Morgan fingerprint density at radius 3 is 2.90 bits per heavy atom. The highest BCUT2D eigenvalue weighted by molar-refractivity contribution is 7.98. The zero-order valence-electron chi connectivity index (χ0n) is 11.7. The third kappa shape index (κ3) is 5.14. The molecule has 0 aliphatic rings. The van der Waals surface area contributed by atoms with E-state index in [1.54, 1.807) is 22.5 Å². The second-order valence-electron chi connectivity index (χ2n) is 4.46. The van der Waals surface area contributed by atoms with E-state index in [9.17, 15) is 0 Å². The third-order valence-corrected chi connectivity index (χ3v) is 4.39. The lowest BCUT2D eigenvalue weighted by Gasteiger charge is -2.06. The number of aromatic nitrogens is 4. The summed E-state index contributed by atoms with van der Waals surface area (Å²) in [5, 5.41) is 17.2. The van der Waals surface area contributed by atoms with Gasteiger partial charge in [-0.25, -0.2) is 4.68 Å². The van der Waals surface area contributed by atoms with Crippen LogP contribution in [0.25, 0.3) is 0 Å². The molecule has 2 rings (SSSR count). The highest BCUT2D eigenvalue weighted by Gasteiger charge is 2.08. The van der Waals surface area contributed by atoms with Crippen molar-refractivity contribution in [1.29, 1.82) is 0 Å². The van der Waals surface area contributed by atoms with Crippen LogP contribution in [0, 0.1) is 0 Å². The van der Waals surface area contributed by atoms with E-state index >= 15 is 0 Å². The molecule has 1 heterocycles. The number of benzene rings is 1. The maximum absolute atomic E-state index is 6.16. The van der Waals surface area contributed by atoms with Gasteiger partial charge in [-0.1, -0.05) is 48.0 Å². The molecule has 21 heavy (non-hydrogen) atoms.